The number of anilines is 1. The van der Waals surface area contributed by atoms with Gasteiger partial charge in [0.05, 0.1) is 5.69 Å². The molecule has 7 heteroatoms. The summed E-state index contributed by atoms with van der Waals surface area (Å²) >= 11 is 0. The number of hydrogen-bond acceptors (Lipinski definition) is 5. The van der Waals surface area contributed by atoms with E-state index in [9.17, 15) is 14.4 Å². The number of benzene rings is 1. The molecule has 1 aliphatic heterocycles. The van der Waals surface area contributed by atoms with E-state index in [1.54, 1.807) is 17.0 Å². The molecule has 6 nitrogen and oxygen atoms in total. The van der Waals surface area contributed by atoms with Crippen LogP contribution in [0.1, 0.15) is 47.4 Å². The van der Waals surface area contributed by atoms with Crippen LogP contribution in [0, 0.1) is 17.1 Å². The van der Waals surface area contributed by atoms with Gasteiger partial charge in [-0.3, -0.25) is 4.79 Å². The molecule has 0 radical (unpaired) electrons. The molecule has 28 heavy (non-hydrogen) atoms. The third-order valence-electron chi connectivity index (χ3n) is 5.09. The van der Waals surface area contributed by atoms with Gasteiger partial charge in [-0.25, -0.2) is 4.39 Å². The van der Waals surface area contributed by atoms with Crippen LogP contribution in [0.3, 0.4) is 0 Å². The Morgan fingerprint density at radius 3 is 2.68 bits per heavy atom. The maximum atomic E-state index is 13.5. The third-order valence-corrected chi connectivity index (χ3v) is 5.09. The SMILES string of the molecule is CCc1nnc(N2CCCN(C(=O)c3cccc(F)c3)CC2)c(C#N)c1CC. The van der Waals surface area contributed by atoms with E-state index in [0.29, 0.717) is 43.1 Å². The van der Waals surface area contributed by atoms with Crippen LogP contribution in [0.15, 0.2) is 24.3 Å². The Morgan fingerprint density at radius 2 is 2.00 bits per heavy atom. The lowest BCUT2D eigenvalue weighted by molar-refractivity contribution is 0.0766. The lowest BCUT2D eigenvalue weighted by atomic mass is 10.0. The van der Waals surface area contributed by atoms with Crippen molar-refractivity contribution < 1.29 is 9.18 Å². The molecule has 0 bridgehead atoms. The standard InChI is InChI=1S/C21H24FN5O/c1-3-17-18(14-23)20(25-24-19(17)4-2)26-9-6-10-27(12-11-26)21(28)15-7-5-8-16(22)13-15/h5,7-8,13H,3-4,6,9-12H2,1-2H3. The molecule has 3 rings (SSSR count). The molecule has 2 aromatic rings. The summed E-state index contributed by atoms with van der Waals surface area (Å²) in [5.41, 5.74) is 2.75. The average molecular weight is 381 g/mol. The van der Waals surface area contributed by atoms with Gasteiger partial charge in [-0.2, -0.15) is 10.4 Å². The van der Waals surface area contributed by atoms with E-state index < -0.39 is 5.82 Å². The molecule has 1 aliphatic rings. The van der Waals surface area contributed by atoms with Gasteiger partial charge < -0.3 is 9.80 Å². The first kappa shape index (κ1) is 19.7. The van der Waals surface area contributed by atoms with Crippen LogP contribution in [0.4, 0.5) is 10.2 Å². The maximum Gasteiger partial charge on any atom is 0.254 e. The van der Waals surface area contributed by atoms with E-state index in [1.165, 1.54) is 12.1 Å². The molecule has 0 atom stereocenters. The Balaban J connectivity index is 1.81. The molecule has 0 unspecified atom stereocenters. The fourth-order valence-corrected chi connectivity index (χ4v) is 3.64. The molecule has 0 saturated carbocycles. The minimum atomic E-state index is -0.417. The van der Waals surface area contributed by atoms with Crippen LogP contribution >= 0.6 is 0 Å². The first-order chi connectivity index (χ1) is 13.6. The van der Waals surface area contributed by atoms with E-state index in [4.69, 9.17) is 0 Å². The van der Waals surface area contributed by atoms with Gasteiger partial charge in [0, 0.05) is 31.7 Å². The van der Waals surface area contributed by atoms with E-state index >= 15 is 0 Å². The highest BCUT2D eigenvalue weighted by Crippen LogP contribution is 2.24. The summed E-state index contributed by atoms with van der Waals surface area (Å²) in [5.74, 6) is -0.000493. The fourth-order valence-electron chi connectivity index (χ4n) is 3.64. The van der Waals surface area contributed by atoms with Crippen molar-refractivity contribution in [1.82, 2.24) is 15.1 Å². The summed E-state index contributed by atoms with van der Waals surface area (Å²) in [4.78, 5) is 16.5. The zero-order chi connectivity index (χ0) is 20.1. The number of aromatic nitrogens is 2. The minimum Gasteiger partial charge on any atom is -0.352 e. The molecular weight excluding hydrogens is 357 g/mol. The second kappa shape index (κ2) is 8.79. The molecule has 0 spiro atoms. The monoisotopic (exact) mass is 381 g/mol. The summed E-state index contributed by atoms with van der Waals surface area (Å²) in [7, 11) is 0. The van der Waals surface area contributed by atoms with Crippen molar-refractivity contribution in [2.24, 2.45) is 0 Å². The second-order valence-corrected chi connectivity index (χ2v) is 6.79. The van der Waals surface area contributed by atoms with Crippen molar-refractivity contribution in [1.29, 1.82) is 5.26 Å². The number of carbonyl (C=O) groups excluding carboxylic acids is 1. The lowest BCUT2D eigenvalue weighted by Crippen LogP contribution is -2.35. The first-order valence-corrected chi connectivity index (χ1v) is 9.67. The molecule has 0 aliphatic carbocycles. The maximum absolute atomic E-state index is 13.5. The van der Waals surface area contributed by atoms with Gasteiger partial charge in [-0.05, 0) is 43.0 Å². The van der Waals surface area contributed by atoms with E-state index in [2.05, 4.69) is 16.3 Å². The Morgan fingerprint density at radius 1 is 1.18 bits per heavy atom. The number of halogens is 1. The van der Waals surface area contributed by atoms with Crippen molar-refractivity contribution >= 4 is 11.7 Å². The summed E-state index contributed by atoms with van der Waals surface area (Å²) in [5, 5.41) is 18.4. The summed E-state index contributed by atoms with van der Waals surface area (Å²) in [6.07, 6.45) is 2.21. The molecule has 1 aromatic heterocycles. The number of rotatable bonds is 4. The molecular formula is C21H24FN5O. The van der Waals surface area contributed by atoms with Crippen LogP contribution < -0.4 is 4.90 Å². The van der Waals surface area contributed by atoms with Gasteiger partial charge in [0.25, 0.3) is 5.91 Å². The first-order valence-electron chi connectivity index (χ1n) is 9.67. The van der Waals surface area contributed by atoms with Crippen LogP contribution in [0.5, 0.6) is 0 Å². The summed E-state index contributed by atoms with van der Waals surface area (Å²) in [6.45, 7) is 6.33. The number of nitriles is 1. The molecule has 1 saturated heterocycles. The summed E-state index contributed by atoms with van der Waals surface area (Å²) < 4.78 is 13.5. The topological polar surface area (TPSA) is 73.1 Å². The number of amides is 1. The van der Waals surface area contributed by atoms with Crippen LogP contribution in [0.25, 0.3) is 0 Å². The van der Waals surface area contributed by atoms with E-state index in [-0.39, 0.29) is 5.91 Å². The zero-order valence-corrected chi connectivity index (χ0v) is 16.3. The normalized spacial score (nSPS) is 14.5. The summed E-state index contributed by atoms with van der Waals surface area (Å²) in [6, 6.07) is 8.07. The second-order valence-electron chi connectivity index (χ2n) is 6.79. The van der Waals surface area contributed by atoms with Crippen LogP contribution in [-0.2, 0) is 12.8 Å². The molecule has 0 N–H and O–H groups in total. The smallest absolute Gasteiger partial charge is 0.254 e. The zero-order valence-electron chi connectivity index (χ0n) is 16.3. The van der Waals surface area contributed by atoms with Crippen LogP contribution in [0.2, 0.25) is 0 Å². The van der Waals surface area contributed by atoms with Crippen molar-refractivity contribution in [2.45, 2.75) is 33.1 Å². The third kappa shape index (κ3) is 3.96. The Labute approximate surface area is 164 Å². The fraction of sp³-hybridized carbons (Fsp3) is 0.429. The van der Waals surface area contributed by atoms with Crippen molar-refractivity contribution in [3.8, 4) is 6.07 Å². The van der Waals surface area contributed by atoms with Gasteiger partial charge in [0.15, 0.2) is 5.82 Å². The molecule has 2 heterocycles. The Bertz CT molecular complexity index is 908. The molecule has 1 aromatic carbocycles. The van der Waals surface area contributed by atoms with Gasteiger partial charge in [-0.1, -0.05) is 19.9 Å². The van der Waals surface area contributed by atoms with Gasteiger partial charge >= 0.3 is 0 Å². The molecule has 1 fully saturated rings. The van der Waals surface area contributed by atoms with Crippen molar-refractivity contribution in [3.63, 3.8) is 0 Å². The largest absolute Gasteiger partial charge is 0.352 e. The highest BCUT2D eigenvalue weighted by atomic mass is 19.1. The predicted octanol–water partition coefficient (Wildman–Crippen LogP) is 2.96. The van der Waals surface area contributed by atoms with Gasteiger partial charge in [0.1, 0.15) is 17.4 Å². The number of nitrogens with zero attached hydrogens (tertiary/aromatic N) is 5. The highest BCUT2D eigenvalue weighted by Gasteiger charge is 2.24. The lowest BCUT2D eigenvalue weighted by Gasteiger charge is -2.24. The van der Waals surface area contributed by atoms with E-state index in [0.717, 1.165) is 30.5 Å². The van der Waals surface area contributed by atoms with Gasteiger partial charge in [0.2, 0.25) is 0 Å². The van der Waals surface area contributed by atoms with Crippen molar-refractivity contribution in [3.05, 3.63) is 52.5 Å². The number of aryl methyl sites for hydroxylation is 1. The predicted molar refractivity (Wildman–Crippen MR) is 105 cm³/mol. The number of carbonyl (C=O) groups is 1. The Kier molecular flexibility index (Phi) is 6.19. The minimum absolute atomic E-state index is 0.177. The van der Waals surface area contributed by atoms with E-state index in [1.807, 2.05) is 18.7 Å². The molecule has 1 amide bonds. The van der Waals surface area contributed by atoms with Gasteiger partial charge in [-0.15, -0.1) is 5.10 Å². The molecule has 146 valence electrons. The van der Waals surface area contributed by atoms with Crippen molar-refractivity contribution in [2.75, 3.05) is 31.1 Å². The average Bonchev–Trinajstić information content (AvgIpc) is 2.98. The van der Waals surface area contributed by atoms with Crippen LogP contribution in [-0.4, -0.2) is 47.2 Å². The highest BCUT2D eigenvalue weighted by molar-refractivity contribution is 5.94. The quantitative estimate of drug-likeness (QED) is 0.814. The Hall–Kier alpha value is -3.01. The number of hydrogen-bond donors (Lipinski definition) is 0.